The summed E-state index contributed by atoms with van der Waals surface area (Å²) in [4.78, 5) is 13.1. The smallest absolute Gasteiger partial charge is 0.211 e. The first-order valence-corrected chi connectivity index (χ1v) is 4.13. The highest BCUT2D eigenvalue weighted by Gasteiger charge is 2.11. The lowest BCUT2D eigenvalue weighted by atomic mass is 10.1. The number of isocyanates is 1. The number of hydrogen-bond acceptors (Lipinski definition) is 2. The van der Waals surface area contributed by atoms with Crippen LogP contribution in [0.3, 0.4) is 0 Å². The summed E-state index contributed by atoms with van der Waals surface area (Å²) in [7, 11) is 0. The molecule has 0 fully saturated rings. The Kier molecular flexibility index (Phi) is 3.74. The molecule has 0 aliphatic rings. The summed E-state index contributed by atoms with van der Waals surface area (Å²) >= 11 is 5.54. The summed E-state index contributed by atoms with van der Waals surface area (Å²) < 4.78 is 24.7. The van der Waals surface area contributed by atoms with Crippen LogP contribution in [0.15, 0.2) is 23.2 Å². The van der Waals surface area contributed by atoms with Crippen molar-refractivity contribution in [1.29, 1.82) is 0 Å². The van der Waals surface area contributed by atoms with Gasteiger partial charge in [0.15, 0.2) is 0 Å². The van der Waals surface area contributed by atoms with Gasteiger partial charge in [-0.1, -0.05) is 17.7 Å². The monoisotopic (exact) mass is 217 g/mol. The Labute approximate surface area is 84.2 Å². The molecule has 0 atom stereocenters. The van der Waals surface area contributed by atoms with E-state index in [0.29, 0.717) is 5.56 Å². The molecule has 2 nitrogen and oxygen atoms in total. The summed E-state index contributed by atoms with van der Waals surface area (Å²) in [6, 6.07) is 4.13. The summed E-state index contributed by atoms with van der Waals surface area (Å²) in [5.41, 5.74) is 0.262. The number of hydrogen-bond donors (Lipinski definition) is 0. The molecule has 0 aliphatic carbocycles. The van der Waals surface area contributed by atoms with E-state index in [-0.39, 0.29) is 17.1 Å². The van der Waals surface area contributed by atoms with Crippen molar-refractivity contribution >= 4 is 17.7 Å². The Hall–Kier alpha value is -1.25. The van der Waals surface area contributed by atoms with Gasteiger partial charge in [-0.05, 0) is 17.7 Å². The highest BCUT2D eigenvalue weighted by molar-refractivity contribution is 6.31. The van der Waals surface area contributed by atoms with Gasteiger partial charge in [0.05, 0.1) is 6.54 Å². The van der Waals surface area contributed by atoms with Crippen LogP contribution in [0.1, 0.15) is 17.6 Å². The third-order valence-corrected chi connectivity index (χ3v) is 1.97. The minimum absolute atomic E-state index is 0.0128. The first-order valence-electron chi connectivity index (χ1n) is 3.75. The van der Waals surface area contributed by atoms with Crippen LogP contribution in [0.2, 0.25) is 5.02 Å². The zero-order valence-corrected chi connectivity index (χ0v) is 7.76. The Balaban J connectivity index is 2.99. The van der Waals surface area contributed by atoms with E-state index in [2.05, 4.69) is 4.99 Å². The zero-order chi connectivity index (χ0) is 10.6. The zero-order valence-electron chi connectivity index (χ0n) is 7.01. The highest BCUT2D eigenvalue weighted by atomic mass is 35.5. The molecule has 0 saturated heterocycles. The average molecular weight is 218 g/mol. The van der Waals surface area contributed by atoms with E-state index in [9.17, 15) is 13.6 Å². The van der Waals surface area contributed by atoms with Crippen LogP contribution >= 0.6 is 11.6 Å². The van der Waals surface area contributed by atoms with Gasteiger partial charge in [0.1, 0.15) is 0 Å². The molecule has 0 N–H and O–H groups in total. The molecule has 0 saturated carbocycles. The number of halogens is 3. The maximum absolute atomic E-state index is 12.3. The fraction of sp³-hybridized carbons (Fsp3) is 0.222. The molecule has 0 aliphatic heterocycles. The first-order chi connectivity index (χ1) is 6.65. The van der Waals surface area contributed by atoms with Crippen molar-refractivity contribution in [1.82, 2.24) is 0 Å². The van der Waals surface area contributed by atoms with E-state index < -0.39 is 6.43 Å². The molecule has 1 aromatic rings. The van der Waals surface area contributed by atoms with E-state index in [0.717, 1.165) is 0 Å². The van der Waals surface area contributed by atoms with Crippen molar-refractivity contribution in [3.05, 3.63) is 34.3 Å². The second-order valence-corrected chi connectivity index (χ2v) is 2.97. The second kappa shape index (κ2) is 4.84. The van der Waals surface area contributed by atoms with Gasteiger partial charge >= 0.3 is 0 Å². The maximum atomic E-state index is 12.3. The lowest BCUT2D eigenvalue weighted by Gasteiger charge is -2.04. The summed E-state index contributed by atoms with van der Waals surface area (Å²) in [5.74, 6) is 0. The van der Waals surface area contributed by atoms with Crippen LogP contribution in [0, 0.1) is 0 Å². The molecule has 74 valence electrons. The molecule has 0 spiro atoms. The average Bonchev–Trinajstić information content (AvgIpc) is 2.16. The van der Waals surface area contributed by atoms with Gasteiger partial charge in [0.2, 0.25) is 6.08 Å². The molecular weight excluding hydrogens is 212 g/mol. The SMILES string of the molecule is O=C=NCc1ccc(Cl)c(C(F)F)c1. The highest BCUT2D eigenvalue weighted by Crippen LogP contribution is 2.27. The van der Waals surface area contributed by atoms with Crippen LogP contribution in [-0.4, -0.2) is 6.08 Å². The Morgan fingerprint density at radius 3 is 2.79 bits per heavy atom. The van der Waals surface area contributed by atoms with Crippen molar-refractivity contribution in [3.8, 4) is 0 Å². The van der Waals surface area contributed by atoms with Gasteiger partial charge in [-0.25, -0.2) is 18.6 Å². The quantitative estimate of drug-likeness (QED) is 0.565. The lowest BCUT2D eigenvalue weighted by molar-refractivity contribution is 0.151. The summed E-state index contributed by atoms with van der Waals surface area (Å²) in [6.07, 6.45) is -1.29. The number of carbonyl (C=O) groups excluding carboxylic acids is 1. The lowest BCUT2D eigenvalue weighted by Crippen LogP contribution is -1.89. The Morgan fingerprint density at radius 2 is 2.21 bits per heavy atom. The second-order valence-electron chi connectivity index (χ2n) is 2.56. The predicted molar refractivity (Wildman–Crippen MR) is 48.2 cm³/mol. The van der Waals surface area contributed by atoms with Gasteiger partial charge in [-0.2, -0.15) is 0 Å². The minimum Gasteiger partial charge on any atom is -0.211 e. The Bertz CT molecular complexity index is 375. The van der Waals surface area contributed by atoms with Gasteiger partial charge in [-0.15, -0.1) is 0 Å². The fourth-order valence-corrected chi connectivity index (χ4v) is 1.18. The van der Waals surface area contributed by atoms with Crippen LogP contribution in [0.5, 0.6) is 0 Å². The number of benzene rings is 1. The molecule has 14 heavy (non-hydrogen) atoms. The number of rotatable bonds is 3. The normalized spacial score (nSPS) is 10.0. The van der Waals surface area contributed by atoms with Crippen LogP contribution in [-0.2, 0) is 11.3 Å². The Morgan fingerprint density at radius 1 is 1.50 bits per heavy atom. The molecule has 0 bridgehead atoms. The van der Waals surface area contributed by atoms with Crippen LogP contribution in [0.4, 0.5) is 8.78 Å². The van der Waals surface area contributed by atoms with Gasteiger partial charge < -0.3 is 0 Å². The van der Waals surface area contributed by atoms with Gasteiger partial charge in [0, 0.05) is 10.6 Å². The van der Waals surface area contributed by atoms with E-state index in [1.807, 2.05) is 0 Å². The van der Waals surface area contributed by atoms with E-state index >= 15 is 0 Å². The third-order valence-electron chi connectivity index (χ3n) is 1.62. The largest absolute Gasteiger partial charge is 0.265 e. The van der Waals surface area contributed by atoms with Crippen molar-refractivity contribution in [2.75, 3.05) is 0 Å². The molecular formula is C9H6ClF2NO. The maximum Gasteiger partial charge on any atom is 0.265 e. The summed E-state index contributed by atoms with van der Waals surface area (Å²) in [5, 5.41) is 0.0128. The van der Waals surface area contributed by atoms with Crippen molar-refractivity contribution in [2.45, 2.75) is 13.0 Å². The van der Waals surface area contributed by atoms with Crippen LogP contribution < -0.4 is 0 Å². The van der Waals surface area contributed by atoms with Gasteiger partial charge in [0.25, 0.3) is 6.43 Å². The van der Waals surface area contributed by atoms with Crippen LogP contribution in [0.25, 0.3) is 0 Å². The first kappa shape index (κ1) is 10.8. The fourth-order valence-electron chi connectivity index (χ4n) is 0.982. The standard InChI is InChI=1S/C9H6ClF2NO/c10-8-2-1-6(4-13-5-14)3-7(8)9(11)12/h1-3,9H,4H2. The molecule has 1 rings (SSSR count). The van der Waals surface area contributed by atoms with Crippen molar-refractivity contribution < 1.29 is 13.6 Å². The summed E-state index contributed by atoms with van der Waals surface area (Å²) in [6.45, 7) is 0.0421. The van der Waals surface area contributed by atoms with Gasteiger partial charge in [-0.3, -0.25) is 0 Å². The topological polar surface area (TPSA) is 29.4 Å². The number of nitrogens with zero attached hydrogens (tertiary/aromatic N) is 1. The molecule has 0 unspecified atom stereocenters. The molecule has 0 amide bonds. The van der Waals surface area contributed by atoms with E-state index in [1.54, 1.807) is 0 Å². The van der Waals surface area contributed by atoms with Crippen molar-refractivity contribution in [2.24, 2.45) is 4.99 Å². The molecule has 0 radical (unpaired) electrons. The molecule has 0 heterocycles. The molecule has 1 aromatic carbocycles. The van der Waals surface area contributed by atoms with Crippen molar-refractivity contribution in [3.63, 3.8) is 0 Å². The van der Waals surface area contributed by atoms with E-state index in [1.165, 1.54) is 24.3 Å². The molecule has 0 aromatic heterocycles. The third kappa shape index (κ3) is 2.62. The molecule has 5 heteroatoms. The van der Waals surface area contributed by atoms with E-state index in [4.69, 9.17) is 11.6 Å². The minimum atomic E-state index is -2.62. The predicted octanol–water partition coefficient (Wildman–Crippen LogP) is 3.11. The number of alkyl halides is 2. The number of aliphatic imine (C=N–C) groups is 1.